The molecule has 0 fully saturated rings. The van der Waals surface area contributed by atoms with Crippen molar-refractivity contribution in [2.75, 3.05) is 7.11 Å². The standard InChI is InChI=1S/C5H6O4/c1-7-5-3-2-4(6)8-9-5/h3H,2H2,1H3. The molecule has 1 heterocycles. The van der Waals surface area contributed by atoms with Crippen LogP contribution in [0.3, 0.4) is 0 Å². The number of ether oxygens (including phenoxy) is 1. The van der Waals surface area contributed by atoms with Gasteiger partial charge in [-0.1, -0.05) is 0 Å². The lowest BCUT2D eigenvalue weighted by Crippen LogP contribution is -2.10. The van der Waals surface area contributed by atoms with E-state index in [9.17, 15) is 4.79 Å². The molecule has 0 aromatic heterocycles. The van der Waals surface area contributed by atoms with E-state index in [-0.39, 0.29) is 12.4 Å². The largest absolute Gasteiger partial charge is 0.466 e. The maximum Gasteiger partial charge on any atom is 0.359 e. The van der Waals surface area contributed by atoms with Crippen LogP contribution >= 0.6 is 0 Å². The van der Waals surface area contributed by atoms with Gasteiger partial charge in [-0.05, 0) is 0 Å². The molecule has 0 bridgehead atoms. The fourth-order valence-electron chi connectivity index (χ4n) is 0.440. The third-order valence-electron chi connectivity index (χ3n) is 0.853. The molecular formula is C5H6O4. The van der Waals surface area contributed by atoms with Crippen molar-refractivity contribution in [3.63, 3.8) is 0 Å². The lowest BCUT2D eigenvalue weighted by Gasteiger charge is -2.09. The summed E-state index contributed by atoms with van der Waals surface area (Å²) in [5.41, 5.74) is 0. The van der Waals surface area contributed by atoms with E-state index in [1.807, 2.05) is 0 Å². The Morgan fingerprint density at radius 2 is 2.44 bits per heavy atom. The van der Waals surface area contributed by atoms with Crippen molar-refractivity contribution in [2.24, 2.45) is 0 Å². The zero-order valence-electron chi connectivity index (χ0n) is 4.92. The van der Waals surface area contributed by atoms with Gasteiger partial charge in [-0.3, -0.25) is 0 Å². The van der Waals surface area contributed by atoms with Crippen LogP contribution in [0.15, 0.2) is 12.0 Å². The lowest BCUT2D eigenvalue weighted by atomic mass is 10.4. The highest BCUT2D eigenvalue weighted by Gasteiger charge is 2.12. The van der Waals surface area contributed by atoms with E-state index in [2.05, 4.69) is 14.5 Å². The normalized spacial score (nSPS) is 17.4. The second kappa shape index (κ2) is 2.39. The third-order valence-corrected chi connectivity index (χ3v) is 0.853. The highest BCUT2D eigenvalue weighted by molar-refractivity contribution is 5.71. The number of carbonyl (C=O) groups excluding carboxylic acids is 1. The SMILES string of the molecule is COC1=CCC(=O)OO1. The lowest BCUT2D eigenvalue weighted by molar-refractivity contribution is -0.274. The van der Waals surface area contributed by atoms with Crippen molar-refractivity contribution in [1.29, 1.82) is 0 Å². The van der Waals surface area contributed by atoms with E-state index in [0.717, 1.165) is 0 Å². The molecule has 1 aliphatic rings. The summed E-state index contributed by atoms with van der Waals surface area (Å²) in [5.74, 6) is -0.176. The van der Waals surface area contributed by atoms with Crippen molar-refractivity contribution in [2.45, 2.75) is 6.42 Å². The fourth-order valence-corrected chi connectivity index (χ4v) is 0.440. The van der Waals surface area contributed by atoms with Crippen LogP contribution in [0.25, 0.3) is 0 Å². The Morgan fingerprint density at radius 3 is 2.89 bits per heavy atom. The molecule has 0 N–H and O–H groups in total. The molecule has 0 aliphatic carbocycles. The van der Waals surface area contributed by atoms with Crippen molar-refractivity contribution in [3.8, 4) is 0 Å². The maximum absolute atomic E-state index is 10.3. The van der Waals surface area contributed by atoms with E-state index in [1.165, 1.54) is 13.2 Å². The summed E-state index contributed by atoms with van der Waals surface area (Å²) in [6.07, 6.45) is 1.72. The van der Waals surface area contributed by atoms with Crippen molar-refractivity contribution >= 4 is 5.97 Å². The van der Waals surface area contributed by atoms with Gasteiger partial charge in [0.15, 0.2) is 0 Å². The first kappa shape index (κ1) is 5.94. The quantitative estimate of drug-likeness (QED) is 0.480. The minimum Gasteiger partial charge on any atom is -0.466 e. The molecule has 0 saturated carbocycles. The summed E-state index contributed by atoms with van der Waals surface area (Å²) in [7, 11) is 1.44. The molecule has 0 atom stereocenters. The van der Waals surface area contributed by atoms with Gasteiger partial charge >= 0.3 is 11.9 Å². The summed E-state index contributed by atoms with van der Waals surface area (Å²) in [6.45, 7) is 0. The third kappa shape index (κ3) is 1.35. The molecule has 0 unspecified atom stereocenters. The number of methoxy groups -OCH3 is 1. The summed E-state index contributed by atoms with van der Waals surface area (Å²) in [5, 5.41) is 0. The van der Waals surface area contributed by atoms with Gasteiger partial charge in [0.1, 0.15) is 0 Å². The molecule has 4 heteroatoms. The molecule has 1 aliphatic heterocycles. The Labute approximate surface area is 51.9 Å². The highest BCUT2D eigenvalue weighted by atomic mass is 17.2. The van der Waals surface area contributed by atoms with Gasteiger partial charge in [0.05, 0.1) is 13.5 Å². The van der Waals surface area contributed by atoms with Crippen LogP contribution < -0.4 is 0 Å². The van der Waals surface area contributed by atoms with Gasteiger partial charge < -0.3 is 4.74 Å². The molecule has 0 saturated heterocycles. The van der Waals surface area contributed by atoms with Gasteiger partial charge in [0, 0.05) is 6.08 Å². The Balaban J connectivity index is 2.50. The van der Waals surface area contributed by atoms with Gasteiger partial charge in [-0.2, -0.15) is 0 Å². The number of carbonyl (C=O) groups is 1. The first-order valence-corrected chi connectivity index (χ1v) is 2.44. The van der Waals surface area contributed by atoms with Crippen molar-refractivity contribution < 1.29 is 19.3 Å². The molecule has 0 aromatic carbocycles. The van der Waals surface area contributed by atoms with Crippen LogP contribution in [-0.2, 0) is 19.3 Å². The van der Waals surface area contributed by atoms with Crippen LogP contribution in [0, 0.1) is 0 Å². The summed E-state index contributed by atoms with van der Waals surface area (Å²) < 4.78 is 4.60. The first-order valence-electron chi connectivity index (χ1n) is 2.44. The van der Waals surface area contributed by atoms with Gasteiger partial charge in [0.25, 0.3) is 0 Å². The average molecular weight is 130 g/mol. The fraction of sp³-hybridized carbons (Fsp3) is 0.400. The second-order valence-corrected chi connectivity index (χ2v) is 1.47. The predicted octanol–water partition coefficient (Wildman–Crippen LogP) is 0.353. The van der Waals surface area contributed by atoms with Crippen LogP contribution in [-0.4, -0.2) is 13.1 Å². The Bertz CT molecular complexity index is 149. The molecule has 0 aromatic rings. The molecule has 1 rings (SSSR count). The molecule has 0 radical (unpaired) electrons. The van der Waals surface area contributed by atoms with Crippen molar-refractivity contribution in [1.82, 2.24) is 0 Å². The number of hydrogen-bond acceptors (Lipinski definition) is 4. The van der Waals surface area contributed by atoms with E-state index >= 15 is 0 Å². The zero-order chi connectivity index (χ0) is 6.69. The van der Waals surface area contributed by atoms with Gasteiger partial charge in [0.2, 0.25) is 0 Å². The molecule has 4 nitrogen and oxygen atoms in total. The monoisotopic (exact) mass is 130 g/mol. The van der Waals surface area contributed by atoms with E-state index < -0.39 is 5.97 Å². The average Bonchev–Trinajstić information content (AvgIpc) is 1.90. The van der Waals surface area contributed by atoms with Crippen LogP contribution in [0.5, 0.6) is 0 Å². The van der Waals surface area contributed by atoms with Crippen molar-refractivity contribution in [3.05, 3.63) is 12.0 Å². The molecular weight excluding hydrogens is 124 g/mol. The van der Waals surface area contributed by atoms with E-state index in [4.69, 9.17) is 0 Å². The van der Waals surface area contributed by atoms with E-state index in [1.54, 1.807) is 0 Å². The number of hydrogen-bond donors (Lipinski definition) is 0. The summed E-state index contributed by atoms with van der Waals surface area (Å²) >= 11 is 0. The van der Waals surface area contributed by atoms with E-state index in [0.29, 0.717) is 0 Å². The Kier molecular flexibility index (Phi) is 1.58. The topological polar surface area (TPSA) is 44.8 Å². The first-order chi connectivity index (χ1) is 4.33. The molecule has 0 spiro atoms. The number of rotatable bonds is 1. The predicted molar refractivity (Wildman–Crippen MR) is 26.9 cm³/mol. The zero-order valence-corrected chi connectivity index (χ0v) is 4.92. The van der Waals surface area contributed by atoms with Crippen LogP contribution in [0.1, 0.15) is 6.42 Å². The molecule has 50 valence electrons. The van der Waals surface area contributed by atoms with Gasteiger partial charge in [-0.25, -0.2) is 14.6 Å². The Hall–Kier alpha value is -1.19. The smallest absolute Gasteiger partial charge is 0.359 e. The van der Waals surface area contributed by atoms with Crippen LogP contribution in [0.2, 0.25) is 0 Å². The van der Waals surface area contributed by atoms with Crippen LogP contribution in [0.4, 0.5) is 0 Å². The molecule has 9 heavy (non-hydrogen) atoms. The Morgan fingerprint density at radius 1 is 1.67 bits per heavy atom. The summed E-state index contributed by atoms with van der Waals surface area (Å²) in [4.78, 5) is 18.8. The summed E-state index contributed by atoms with van der Waals surface area (Å²) in [6, 6.07) is 0. The van der Waals surface area contributed by atoms with Gasteiger partial charge in [-0.15, -0.1) is 0 Å². The highest BCUT2D eigenvalue weighted by Crippen LogP contribution is 2.07. The minimum atomic E-state index is -0.407. The maximum atomic E-state index is 10.3. The second-order valence-electron chi connectivity index (χ2n) is 1.47. The minimum absolute atomic E-state index is 0.211. The molecule has 0 amide bonds.